The monoisotopic (exact) mass is 174 g/mol. The molecular formula is C12H14O. The molecule has 3 rings (SSSR count). The fourth-order valence-electron chi connectivity index (χ4n) is 3.00. The first-order valence-electron chi connectivity index (χ1n) is 5.19. The van der Waals surface area contributed by atoms with Crippen LogP contribution in [0.3, 0.4) is 0 Å². The van der Waals surface area contributed by atoms with E-state index in [0.717, 1.165) is 11.8 Å². The smallest absolute Gasteiger partial charge is 0.115 e. The predicted octanol–water partition coefficient (Wildman–Crippen LogP) is 3.15. The van der Waals surface area contributed by atoms with Crippen LogP contribution in [0.2, 0.25) is 0 Å². The third-order valence-corrected chi connectivity index (χ3v) is 3.64. The van der Waals surface area contributed by atoms with Crippen LogP contribution in [-0.4, -0.2) is 5.11 Å². The highest BCUT2D eigenvalue weighted by Gasteiger charge is 2.38. The molecule has 2 aliphatic carbocycles. The van der Waals surface area contributed by atoms with Crippen molar-refractivity contribution in [2.75, 3.05) is 0 Å². The summed E-state index contributed by atoms with van der Waals surface area (Å²) >= 11 is 0. The molecule has 0 bridgehead atoms. The van der Waals surface area contributed by atoms with Crippen LogP contribution < -0.4 is 0 Å². The van der Waals surface area contributed by atoms with Crippen LogP contribution in [0, 0.1) is 0 Å². The van der Waals surface area contributed by atoms with E-state index in [9.17, 15) is 5.11 Å². The third kappa shape index (κ3) is 0.932. The van der Waals surface area contributed by atoms with E-state index in [0.29, 0.717) is 5.75 Å². The summed E-state index contributed by atoms with van der Waals surface area (Å²) in [5.41, 5.74) is 2.92. The maximum absolute atomic E-state index is 9.36. The number of hydrogen-bond donors (Lipinski definition) is 1. The first-order chi connectivity index (χ1) is 6.36. The van der Waals surface area contributed by atoms with Crippen molar-refractivity contribution in [3.63, 3.8) is 0 Å². The number of phenolic OH excluding ortho intramolecular Hbond substituents is 1. The lowest BCUT2D eigenvalue weighted by atomic mass is 9.61. The zero-order chi connectivity index (χ0) is 8.84. The second-order valence-corrected chi connectivity index (χ2v) is 4.31. The summed E-state index contributed by atoms with van der Waals surface area (Å²) in [4.78, 5) is 0. The summed E-state index contributed by atoms with van der Waals surface area (Å²) in [6.45, 7) is 0. The molecule has 1 aromatic carbocycles. The van der Waals surface area contributed by atoms with Gasteiger partial charge in [0.1, 0.15) is 5.75 Å². The topological polar surface area (TPSA) is 20.2 Å². The maximum Gasteiger partial charge on any atom is 0.115 e. The molecule has 68 valence electrons. The molecule has 0 radical (unpaired) electrons. The largest absolute Gasteiger partial charge is 0.508 e. The Balaban J connectivity index is 2.03. The zero-order valence-corrected chi connectivity index (χ0v) is 7.66. The molecule has 0 spiro atoms. The summed E-state index contributed by atoms with van der Waals surface area (Å²) in [5, 5.41) is 9.36. The van der Waals surface area contributed by atoms with E-state index in [-0.39, 0.29) is 0 Å². The van der Waals surface area contributed by atoms with Crippen molar-refractivity contribution in [2.24, 2.45) is 0 Å². The van der Waals surface area contributed by atoms with Gasteiger partial charge in [-0.1, -0.05) is 18.9 Å². The molecule has 0 amide bonds. The van der Waals surface area contributed by atoms with Gasteiger partial charge in [0.25, 0.3) is 0 Å². The Morgan fingerprint density at radius 3 is 2.46 bits per heavy atom. The minimum Gasteiger partial charge on any atom is -0.508 e. The van der Waals surface area contributed by atoms with Crippen molar-refractivity contribution in [1.29, 1.82) is 0 Å². The molecule has 1 N–H and O–H groups in total. The van der Waals surface area contributed by atoms with Crippen LogP contribution in [-0.2, 0) is 0 Å². The minimum atomic E-state index is 0.433. The molecule has 1 saturated carbocycles. The van der Waals surface area contributed by atoms with Gasteiger partial charge in [0, 0.05) is 0 Å². The summed E-state index contributed by atoms with van der Waals surface area (Å²) in [5.74, 6) is 2.03. The summed E-state index contributed by atoms with van der Waals surface area (Å²) < 4.78 is 0. The maximum atomic E-state index is 9.36. The van der Waals surface area contributed by atoms with E-state index < -0.39 is 0 Å². The van der Waals surface area contributed by atoms with Crippen LogP contribution in [0.15, 0.2) is 18.2 Å². The van der Waals surface area contributed by atoms with Gasteiger partial charge in [0.2, 0.25) is 0 Å². The van der Waals surface area contributed by atoms with Crippen molar-refractivity contribution in [2.45, 2.75) is 37.5 Å². The van der Waals surface area contributed by atoms with Crippen LogP contribution >= 0.6 is 0 Å². The van der Waals surface area contributed by atoms with Gasteiger partial charge in [-0.3, -0.25) is 0 Å². The number of fused-ring (bicyclic) bond motifs is 4. The average molecular weight is 174 g/mol. The fraction of sp³-hybridized carbons (Fsp3) is 0.500. The first-order valence-corrected chi connectivity index (χ1v) is 5.19. The normalized spacial score (nSPS) is 30.2. The second-order valence-electron chi connectivity index (χ2n) is 4.31. The Morgan fingerprint density at radius 1 is 1.00 bits per heavy atom. The highest BCUT2D eigenvalue weighted by Crippen LogP contribution is 2.55. The van der Waals surface area contributed by atoms with Crippen molar-refractivity contribution in [3.8, 4) is 5.75 Å². The van der Waals surface area contributed by atoms with Crippen LogP contribution in [0.1, 0.15) is 48.6 Å². The average Bonchev–Trinajstić information content (AvgIpc) is 2.15. The van der Waals surface area contributed by atoms with Crippen molar-refractivity contribution >= 4 is 0 Å². The van der Waals surface area contributed by atoms with Gasteiger partial charge in [0.05, 0.1) is 0 Å². The molecule has 1 aromatic rings. The van der Waals surface area contributed by atoms with Crippen molar-refractivity contribution < 1.29 is 5.11 Å². The van der Waals surface area contributed by atoms with Gasteiger partial charge >= 0.3 is 0 Å². The quantitative estimate of drug-likeness (QED) is 0.640. The molecule has 1 fully saturated rings. The Kier molecular flexibility index (Phi) is 1.43. The van der Waals surface area contributed by atoms with Crippen LogP contribution in [0.25, 0.3) is 0 Å². The summed E-state index contributed by atoms with van der Waals surface area (Å²) in [7, 11) is 0. The molecule has 1 nitrogen and oxygen atoms in total. The van der Waals surface area contributed by atoms with Gasteiger partial charge < -0.3 is 5.11 Å². The molecule has 2 atom stereocenters. The molecule has 0 saturated heterocycles. The van der Waals surface area contributed by atoms with Crippen LogP contribution in [0.5, 0.6) is 5.75 Å². The Morgan fingerprint density at radius 2 is 1.69 bits per heavy atom. The summed E-state index contributed by atoms with van der Waals surface area (Å²) in [6.07, 6.45) is 5.46. The number of aromatic hydroxyl groups is 1. The van der Waals surface area contributed by atoms with Gasteiger partial charge in [-0.15, -0.1) is 0 Å². The molecular weight excluding hydrogens is 160 g/mol. The fourth-order valence-corrected chi connectivity index (χ4v) is 3.00. The first kappa shape index (κ1) is 7.43. The Hall–Kier alpha value is -0.980. The number of phenols is 1. The number of hydrogen-bond acceptors (Lipinski definition) is 1. The molecule has 0 heterocycles. The predicted molar refractivity (Wildman–Crippen MR) is 52.1 cm³/mol. The second kappa shape index (κ2) is 2.50. The lowest BCUT2D eigenvalue weighted by molar-refractivity contribution is 0.339. The molecule has 13 heavy (non-hydrogen) atoms. The standard InChI is InChI=1S/C12H14O/c13-8-5-6-11-9-3-1-2-4-10(9)12(11)7-8/h5-7,9-10,13H,1-4H2/t9-,10+/m1/s1. The molecule has 1 heteroatoms. The van der Waals surface area contributed by atoms with Gasteiger partial charge in [-0.2, -0.15) is 0 Å². The highest BCUT2D eigenvalue weighted by atomic mass is 16.3. The van der Waals surface area contributed by atoms with E-state index in [2.05, 4.69) is 6.07 Å². The highest BCUT2D eigenvalue weighted by molar-refractivity contribution is 5.48. The molecule has 0 unspecified atom stereocenters. The zero-order valence-electron chi connectivity index (χ0n) is 7.66. The Bertz CT molecular complexity index is 343. The number of benzene rings is 1. The van der Waals surface area contributed by atoms with E-state index in [1.54, 1.807) is 0 Å². The third-order valence-electron chi connectivity index (χ3n) is 3.64. The van der Waals surface area contributed by atoms with Crippen LogP contribution in [0.4, 0.5) is 0 Å². The van der Waals surface area contributed by atoms with E-state index >= 15 is 0 Å². The lowest BCUT2D eigenvalue weighted by Crippen LogP contribution is -2.27. The van der Waals surface area contributed by atoms with Gasteiger partial charge in [0.15, 0.2) is 0 Å². The lowest BCUT2D eigenvalue weighted by Gasteiger charge is -2.43. The van der Waals surface area contributed by atoms with Crippen molar-refractivity contribution in [3.05, 3.63) is 29.3 Å². The minimum absolute atomic E-state index is 0.433. The van der Waals surface area contributed by atoms with E-state index in [1.807, 2.05) is 12.1 Å². The summed E-state index contributed by atoms with van der Waals surface area (Å²) in [6, 6.07) is 5.89. The van der Waals surface area contributed by atoms with E-state index in [4.69, 9.17) is 0 Å². The number of rotatable bonds is 0. The van der Waals surface area contributed by atoms with Gasteiger partial charge in [-0.05, 0) is 47.9 Å². The molecule has 0 aliphatic heterocycles. The van der Waals surface area contributed by atoms with Crippen molar-refractivity contribution in [1.82, 2.24) is 0 Å². The molecule has 2 aliphatic rings. The Labute approximate surface area is 78.4 Å². The van der Waals surface area contributed by atoms with E-state index in [1.165, 1.54) is 36.8 Å². The molecule has 0 aromatic heterocycles. The van der Waals surface area contributed by atoms with Gasteiger partial charge in [-0.25, -0.2) is 0 Å². The SMILES string of the molecule is Oc1ccc2c(c1)[C@H]1CCCC[C@@H]21.